The number of likely N-dealkylation sites (tertiary alicyclic amines) is 1. The highest BCUT2D eigenvalue weighted by Crippen LogP contribution is 2.40. The second-order valence-electron chi connectivity index (χ2n) is 8.20. The van der Waals surface area contributed by atoms with Crippen molar-refractivity contribution in [1.82, 2.24) is 9.88 Å². The normalized spacial score (nSPS) is 22.8. The maximum Gasteiger partial charge on any atom is 0.490 e. The van der Waals surface area contributed by atoms with Gasteiger partial charge in [-0.1, -0.05) is 18.2 Å². The number of carbonyl (C=O) groups excluding carboxylic acids is 1. The van der Waals surface area contributed by atoms with Crippen molar-refractivity contribution in [3.63, 3.8) is 0 Å². The SMILES string of the molecule is CCOCC12CCCOC1CCN(C(=O)c1cnc3ccccc3c1)C2.O=C(O)C(F)(F)F. The van der Waals surface area contributed by atoms with Crippen LogP contribution in [0.25, 0.3) is 10.9 Å². The summed E-state index contributed by atoms with van der Waals surface area (Å²) in [5, 5.41) is 8.12. The Kier molecular flexibility index (Phi) is 7.91. The number of nitrogens with zero attached hydrogens (tertiary/aromatic N) is 2. The fourth-order valence-electron chi connectivity index (χ4n) is 4.35. The van der Waals surface area contributed by atoms with Gasteiger partial charge in [0.15, 0.2) is 0 Å². The summed E-state index contributed by atoms with van der Waals surface area (Å²) in [5.41, 5.74) is 1.49. The third-order valence-corrected chi connectivity index (χ3v) is 5.95. The van der Waals surface area contributed by atoms with E-state index in [0.29, 0.717) is 25.3 Å². The largest absolute Gasteiger partial charge is 0.490 e. The lowest BCUT2D eigenvalue weighted by Crippen LogP contribution is -2.58. The van der Waals surface area contributed by atoms with Crippen LogP contribution in [-0.4, -0.2) is 72.1 Å². The Morgan fingerprint density at radius 2 is 2.06 bits per heavy atom. The number of carboxylic acids is 1. The van der Waals surface area contributed by atoms with Gasteiger partial charge in [0, 0.05) is 43.3 Å². The van der Waals surface area contributed by atoms with Crippen molar-refractivity contribution in [2.24, 2.45) is 5.41 Å². The first-order valence-electron chi connectivity index (χ1n) is 10.8. The molecule has 1 amide bonds. The lowest BCUT2D eigenvalue weighted by Gasteiger charge is -2.50. The molecule has 2 aliphatic rings. The highest BCUT2D eigenvalue weighted by Gasteiger charge is 2.47. The number of ether oxygens (including phenoxy) is 2. The second-order valence-corrected chi connectivity index (χ2v) is 8.20. The zero-order valence-electron chi connectivity index (χ0n) is 18.3. The molecule has 2 saturated heterocycles. The average Bonchev–Trinajstić information content (AvgIpc) is 2.81. The van der Waals surface area contributed by atoms with E-state index < -0.39 is 12.1 Å². The standard InChI is InChI=1S/C21H26N2O3.C2HF3O2/c1-2-25-15-21-9-5-11-26-19(21)8-10-23(14-21)20(24)17-12-16-6-3-4-7-18(16)22-13-17;3-2(4,5)1(6)7/h3-4,6-7,12-13,19H,2,5,8-11,14-15H2,1H3;(H,6,7). The van der Waals surface area contributed by atoms with Gasteiger partial charge in [-0.15, -0.1) is 0 Å². The van der Waals surface area contributed by atoms with Crippen LogP contribution < -0.4 is 0 Å². The summed E-state index contributed by atoms with van der Waals surface area (Å²) in [4.78, 5) is 28.5. The van der Waals surface area contributed by atoms with Gasteiger partial charge < -0.3 is 19.5 Å². The quantitative estimate of drug-likeness (QED) is 0.732. The van der Waals surface area contributed by atoms with Gasteiger partial charge in [0.1, 0.15) is 0 Å². The Bertz CT molecular complexity index is 984. The molecule has 0 aliphatic carbocycles. The summed E-state index contributed by atoms with van der Waals surface area (Å²) in [6, 6.07) is 9.84. The fourth-order valence-corrected chi connectivity index (χ4v) is 4.35. The number of aliphatic carboxylic acids is 1. The molecule has 1 N–H and O–H groups in total. The van der Waals surface area contributed by atoms with E-state index in [0.717, 1.165) is 43.3 Å². The van der Waals surface area contributed by atoms with Crippen molar-refractivity contribution in [2.75, 3.05) is 32.9 Å². The number of aromatic nitrogens is 1. The molecule has 1 aromatic carbocycles. The van der Waals surface area contributed by atoms with Crippen LogP contribution >= 0.6 is 0 Å². The number of pyridine rings is 1. The number of alkyl halides is 3. The minimum absolute atomic E-state index is 0.0585. The molecule has 33 heavy (non-hydrogen) atoms. The zero-order chi connectivity index (χ0) is 24.1. The molecule has 2 atom stereocenters. The molecule has 0 spiro atoms. The van der Waals surface area contributed by atoms with Crippen molar-refractivity contribution >= 4 is 22.8 Å². The molecule has 10 heteroatoms. The molecule has 2 fully saturated rings. The average molecular weight is 468 g/mol. The predicted octanol–water partition coefficient (Wildman–Crippen LogP) is 3.92. The van der Waals surface area contributed by atoms with Crippen LogP contribution in [0.1, 0.15) is 36.5 Å². The summed E-state index contributed by atoms with van der Waals surface area (Å²) in [6.45, 7) is 5.61. The Morgan fingerprint density at radius 3 is 2.76 bits per heavy atom. The number of rotatable bonds is 4. The van der Waals surface area contributed by atoms with Crippen molar-refractivity contribution in [3.05, 3.63) is 42.1 Å². The molecular weight excluding hydrogens is 441 g/mol. The molecule has 2 unspecified atom stereocenters. The van der Waals surface area contributed by atoms with Crippen molar-refractivity contribution in [1.29, 1.82) is 0 Å². The molecule has 180 valence electrons. The van der Waals surface area contributed by atoms with E-state index in [2.05, 4.69) is 4.98 Å². The topological polar surface area (TPSA) is 89.0 Å². The molecule has 7 nitrogen and oxygen atoms in total. The van der Waals surface area contributed by atoms with Gasteiger partial charge in [0.05, 0.1) is 23.8 Å². The Balaban J connectivity index is 0.000000383. The Hall–Kier alpha value is -2.72. The van der Waals surface area contributed by atoms with E-state index >= 15 is 0 Å². The Labute approximate surface area is 189 Å². The molecule has 0 bridgehead atoms. The highest BCUT2D eigenvalue weighted by molar-refractivity contribution is 5.97. The number of carboxylic acid groups (broad SMARTS) is 1. The zero-order valence-corrected chi connectivity index (χ0v) is 18.3. The molecule has 2 aliphatic heterocycles. The van der Waals surface area contributed by atoms with Gasteiger partial charge in [0.2, 0.25) is 0 Å². The van der Waals surface area contributed by atoms with Crippen molar-refractivity contribution < 1.29 is 37.3 Å². The van der Waals surface area contributed by atoms with E-state index in [4.69, 9.17) is 19.4 Å². The molecule has 3 heterocycles. The number of carbonyl (C=O) groups is 2. The summed E-state index contributed by atoms with van der Waals surface area (Å²) < 4.78 is 43.6. The summed E-state index contributed by atoms with van der Waals surface area (Å²) in [5.74, 6) is -2.70. The monoisotopic (exact) mass is 468 g/mol. The first-order valence-corrected chi connectivity index (χ1v) is 10.8. The van der Waals surface area contributed by atoms with E-state index in [9.17, 15) is 18.0 Å². The lowest BCUT2D eigenvalue weighted by molar-refractivity contribution is -0.192. The number of amides is 1. The van der Waals surface area contributed by atoms with Gasteiger partial charge in [0.25, 0.3) is 5.91 Å². The number of para-hydroxylation sites is 1. The third-order valence-electron chi connectivity index (χ3n) is 5.95. The number of hydrogen-bond acceptors (Lipinski definition) is 5. The molecule has 0 saturated carbocycles. The van der Waals surface area contributed by atoms with Gasteiger partial charge in [-0.2, -0.15) is 13.2 Å². The molecule has 0 radical (unpaired) electrons. The van der Waals surface area contributed by atoms with Crippen LogP contribution in [0.15, 0.2) is 36.5 Å². The van der Waals surface area contributed by atoms with Gasteiger partial charge >= 0.3 is 12.1 Å². The van der Waals surface area contributed by atoms with Crippen LogP contribution in [0.3, 0.4) is 0 Å². The van der Waals surface area contributed by atoms with E-state index in [-0.39, 0.29) is 17.4 Å². The minimum Gasteiger partial charge on any atom is -0.475 e. The number of piperidine rings is 1. The third kappa shape index (κ3) is 6.00. The van der Waals surface area contributed by atoms with Crippen LogP contribution in [0.4, 0.5) is 13.2 Å². The van der Waals surface area contributed by atoms with Gasteiger partial charge in [-0.25, -0.2) is 4.79 Å². The van der Waals surface area contributed by atoms with Crippen molar-refractivity contribution in [2.45, 2.75) is 38.5 Å². The van der Waals surface area contributed by atoms with Crippen LogP contribution in [0.2, 0.25) is 0 Å². The molecule has 1 aromatic heterocycles. The summed E-state index contributed by atoms with van der Waals surface area (Å²) in [7, 11) is 0. The van der Waals surface area contributed by atoms with Gasteiger partial charge in [-0.05, 0) is 38.3 Å². The predicted molar refractivity (Wildman–Crippen MR) is 114 cm³/mol. The van der Waals surface area contributed by atoms with Crippen LogP contribution in [-0.2, 0) is 14.3 Å². The number of fused-ring (bicyclic) bond motifs is 2. The summed E-state index contributed by atoms with van der Waals surface area (Å²) in [6.07, 6.45) is -0.231. The second kappa shape index (κ2) is 10.5. The number of benzene rings is 1. The van der Waals surface area contributed by atoms with Gasteiger partial charge in [-0.3, -0.25) is 9.78 Å². The molecule has 2 aromatic rings. The minimum atomic E-state index is -5.08. The van der Waals surface area contributed by atoms with Crippen LogP contribution in [0, 0.1) is 5.41 Å². The number of halogens is 3. The smallest absolute Gasteiger partial charge is 0.475 e. The summed E-state index contributed by atoms with van der Waals surface area (Å²) >= 11 is 0. The first kappa shape index (κ1) is 24.9. The maximum absolute atomic E-state index is 13.1. The lowest BCUT2D eigenvalue weighted by atomic mass is 9.73. The van der Waals surface area contributed by atoms with E-state index in [1.165, 1.54) is 0 Å². The van der Waals surface area contributed by atoms with Crippen LogP contribution in [0.5, 0.6) is 0 Å². The first-order chi connectivity index (χ1) is 15.7. The van der Waals surface area contributed by atoms with E-state index in [1.807, 2.05) is 42.2 Å². The van der Waals surface area contributed by atoms with Crippen molar-refractivity contribution in [3.8, 4) is 0 Å². The van der Waals surface area contributed by atoms with E-state index in [1.54, 1.807) is 6.20 Å². The Morgan fingerprint density at radius 1 is 1.33 bits per heavy atom. The highest BCUT2D eigenvalue weighted by atomic mass is 19.4. The maximum atomic E-state index is 13.1. The molecular formula is C23H27F3N2O5. The molecule has 4 rings (SSSR count). The number of hydrogen-bond donors (Lipinski definition) is 1. The fraction of sp³-hybridized carbons (Fsp3) is 0.522.